The fourth-order valence-electron chi connectivity index (χ4n) is 1.71. The Balaban J connectivity index is 2.66. The minimum Gasteiger partial charge on any atom is -0.310 e. The van der Waals surface area contributed by atoms with Gasteiger partial charge in [-0.25, -0.2) is 4.39 Å². The Labute approximate surface area is 126 Å². The van der Waals surface area contributed by atoms with Gasteiger partial charge in [0.2, 0.25) is 0 Å². The highest BCUT2D eigenvalue weighted by Crippen LogP contribution is 2.32. The minimum atomic E-state index is -0.834. The quantitative estimate of drug-likeness (QED) is 0.802. The second-order valence-corrected chi connectivity index (χ2v) is 7.12. The van der Waals surface area contributed by atoms with Gasteiger partial charge in [-0.1, -0.05) is 30.1 Å². The smallest absolute Gasteiger partial charge is 0.142 e. The molecule has 1 N–H and O–H groups in total. The van der Waals surface area contributed by atoms with E-state index in [1.807, 2.05) is 13.8 Å². The van der Waals surface area contributed by atoms with Crippen LogP contribution in [0, 0.1) is 5.82 Å². The molecule has 0 saturated heterocycles. The molecule has 0 radical (unpaired) electrons. The van der Waals surface area contributed by atoms with Crippen molar-refractivity contribution >= 4 is 34.0 Å². The van der Waals surface area contributed by atoms with Gasteiger partial charge in [0.25, 0.3) is 0 Å². The summed E-state index contributed by atoms with van der Waals surface area (Å²) in [4.78, 5) is 0. The molecule has 3 unspecified atom stereocenters. The van der Waals surface area contributed by atoms with E-state index in [0.717, 1.165) is 6.42 Å². The van der Waals surface area contributed by atoms with Crippen molar-refractivity contribution in [2.75, 3.05) is 12.8 Å². The Hall–Kier alpha value is -0.160. The van der Waals surface area contributed by atoms with Crippen LogP contribution in [0.1, 0.15) is 31.9 Å². The molecule has 0 aromatic heterocycles. The van der Waals surface area contributed by atoms with Crippen LogP contribution in [0.4, 0.5) is 4.39 Å². The molecule has 0 bridgehead atoms. The van der Waals surface area contributed by atoms with E-state index in [1.54, 1.807) is 6.26 Å². The topological polar surface area (TPSA) is 29.1 Å². The average Bonchev–Trinajstić information content (AvgIpc) is 2.34. The molecule has 0 saturated carbocycles. The average molecular weight is 326 g/mol. The van der Waals surface area contributed by atoms with Crippen molar-refractivity contribution in [1.29, 1.82) is 0 Å². The number of rotatable bonds is 6. The van der Waals surface area contributed by atoms with E-state index in [2.05, 4.69) is 5.32 Å². The van der Waals surface area contributed by atoms with Crippen LogP contribution in [0.2, 0.25) is 10.0 Å². The Bertz CT molecular complexity index is 470. The van der Waals surface area contributed by atoms with Gasteiger partial charge >= 0.3 is 0 Å². The highest BCUT2D eigenvalue weighted by molar-refractivity contribution is 7.84. The van der Waals surface area contributed by atoms with Crippen molar-refractivity contribution in [2.45, 2.75) is 31.6 Å². The molecule has 2 nitrogen and oxygen atoms in total. The first-order valence-corrected chi connectivity index (χ1v) is 8.41. The third-order valence-electron chi connectivity index (χ3n) is 3.08. The first-order chi connectivity index (χ1) is 8.84. The van der Waals surface area contributed by atoms with E-state index in [9.17, 15) is 8.60 Å². The number of hydrogen-bond donors (Lipinski definition) is 1. The third-order valence-corrected chi connectivity index (χ3v) is 5.16. The maximum atomic E-state index is 13.4. The molecule has 0 fully saturated rings. The number of nitrogens with one attached hydrogen (secondary N) is 1. The summed E-state index contributed by atoms with van der Waals surface area (Å²) in [6, 6.07) is 2.59. The zero-order chi connectivity index (χ0) is 14.6. The van der Waals surface area contributed by atoms with Crippen molar-refractivity contribution in [1.82, 2.24) is 5.32 Å². The van der Waals surface area contributed by atoms with Crippen molar-refractivity contribution in [3.8, 4) is 0 Å². The Morgan fingerprint density at radius 3 is 2.58 bits per heavy atom. The number of hydrogen-bond acceptors (Lipinski definition) is 2. The van der Waals surface area contributed by atoms with Crippen molar-refractivity contribution in [2.24, 2.45) is 0 Å². The summed E-state index contributed by atoms with van der Waals surface area (Å²) >= 11 is 12.0. The van der Waals surface area contributed by atoms with Crippen LogP contribution in [0.25, 0.3) is 0 Å². The SMILES string of the molecule is CC(NCCC(C)S(C)=O)c1c(Cl)ccc(F)c1Cl. The molecule has 1 rings (SSSR count). The van der Waals surface area contributed by atoms with E-state index in [-0.39, 0.29) is 16.3 Å². The second-order valence-electron chi connectivity index (χ2n) is 4.53. The first-order valence-electron chi connectivity index (χ1n) is 6.03. The molecule has 0 spiro atoms. The van der Waals surface area contributed by atoms with E-state index < -0.39 is 16.6 Å². The van der Waals surface area contributed by atoms with E-state index in [1.165, 1.54) is 12.1 Å². The lowest BCUT2D eigenvalue weighted by atomic mass is 10.1. The predicted molar refractivity (Wildman–Crippen MR) is 81.0 cm³/mol. The molecule has 0 heterocycles. The van der Waals surface area contributed by atoms with Gasteiger partial charge in [0.15, 0.2) is 0 Å². The highest BCUT2D eigenvalue weighted by atomic mass is 35.5. The lowest BCUT2D eigenvalue weighted by Gasteiger charge is -2.18. The van der Waals surface area contributed by atoms with Gasteiger partial charge in [0.05, 0.1) is 5.02 Å². The molecule has 0 amide bonds. The summed E-state index contributed by atoms with van der Waals surface area (Å²) in [5.74, 6) is -0.474. The maximum absolute atomic E-state index is 13.4. The maximum Gasteiger partial charge on any atom is 0.142 e. The molecular formula is C13H18Cl2FNOS. The predicted octanol–water partition coefficient (Wildman–Crippen LogP) is 3.94. The lowest BCUT2D eigenvalue weighted by Crippen LogP contribution is -2.24. The second kappa shape index (κ2) is 7.58. The lowest BCUT2D eigenvalue weighted by molar-refractivity contribution is 0.548. The van der Waals surface area contributed by atoms with Crippen LogP contribution in [0.3, 0.4) is 0 Å². The summed E-state index contributed by atoms with van der Waals surface area (Å²) in [6.07, 6.45) is 2.46. The Morgan fingerprint density at radius 1 is 1.37 bits per heavy atom. The minimum absolute atomic E-state index is 0.0552. The van der Waals surface area contributed by atoms with E-state index in [4.69, 9.17) is 23.2 Å². The molecule has 19 heavy (non-hydrogen) atoms. The van der Waals surface area contributed by atoms with Gasteiger partial charge in [-0.15, -0.1) is 0 Å². The van der Waals surface area contributed by atoms with Crippen LogP contribution < -0.4 is 5.32 Å². The van der Waals surface area contributed by atoms with Crippen LogP contribution in [-0.4, -0.2) is 22.3 Å². The Kier molecular flexibility index (Phi) is 6.74. The normalized spacial score (nSPS) is 16.1. The van der Waals surface area contributed by atoms with Crippen LogP contribution in [-0.2, 0) is 10.8 Å². The molecule has 108 valence electrons. The fourth-order valence-corrected chi connectivity index (χ4v) is 2.86. The molecule has 1 aromatic carbocycles. The molecule has 0 aliphatic carbocycles. The van der Waals surface area contributed by atoms with Crippen LogP contribution in [0.15, 0.2) is 12.1 Å². The molecule has 0 aliphatic rings. The van der Waals surface area contributed by atoms with Crippen LogP contribution in [0.5, 0.6) is 0 Å². The van der Waals surface area contributed by atoms with Crippen LogP contribution >= 0.6 is 23.2 Å². The zero-order valence-electron chi connectivity index (χ0n) is 11.2. The number of benzene rings is 1. The largest absolute Gasteiger partial charge is 0.310 e. The summed E-state index contributed by atoms with van der Waals surface area (Å²) in [5.41, 5.74) is 0.564. The third kappa shape index (κ3) is 4.71. The van der Waals surface area contributed by atoms with Gasteiger partial charge in [-0.2, -0.15) is 0 Å². The fraction of sp³-hybridized carbons (Fsp3) is 0.538. The molecular weight excluding hydrogens is 308 g/mol. The van der Waals surface area contributed by atoms with E-state index in [0.29, 0.717) is 17.1 Å². The van der Waals surface area contributed by atoms with Crippen molar-refractivity contribution in [3.05, 3.63) is 33.6 Å². The van der Waals surface area contributed by atoms with Crippen molar-refractivity contribution < 1.29 is 8.60 Å². The molecule has 0 aliphatic heterocycles. The standard InChI is InChI=1S/C13H18Cl2FNOS/c1-8(19(3)18)6-7-17-9(2)12-10(14)4-5-11(16)13(12)15/h4-5,8-9,17H,6-7H2,1-3H3. The van der Waals surface area contributed by atoms with Gasteiger partial charge in [0, 0.05) is 38.9 Å². The summed E-state index contributed by atoms with van der Waals surface area (Å²) in [6.45, 7) is 4.48. The van der Waals surface area contributed by atoms with Gasteiger partial charge in [-0.3, -0.25) is 4.21 Å². The monoisotopic (exact) mass is 325 g/mol. The summed E-state index contributed by atoms with van der Waals surface area (Å²) in [5, 5.41) is 3.85. The molecule has 6 heteroatoms. The molecule has 1 aromatic rings. The van der Waals surface area contributed by atoms with Gasteiger partial charge < -0.3 is 5.32 Å². The number of halogens is 3. The first kappa shape index (κ1) is 16.9. The Morgan fingerprint density at radius 2 is 2.00 bits per heavy atom. The van der Waals surface area contributed by atoms with Gasteiger partial charge in [-0.05, 0) is 32.0 Å². The summed E-state index contributed by atoms with van der Waals surface area (Å²) in [7, 11) is -0.834. The summed E-state index contributed by atoms with van der Waals surface area (Å²) < 4.78 is 24.7. The molecule has 3 atom stereocenters. The van der Waals surface area contributed by atoms with Crippen molar-refractivity contribution in [3.63, 3.8) is 0 Å². The van der Waals surface area contributed by atoms with Gasteiger partial charge in [0.1, 0.15) is 5.82 Å². The zero-order valence-corrected chi connectivity index (χ0v) is 13.5. The highest BCUT2D eigenvalue weighted by Gasteiger charge is 2.17. The van der Waals surface area contributed by atoms with E-state index >= 15 is 0 Å².